The van der Waals surface area contributed by atoms with Gasteiger partial charge >= 0.3 is 0 Å². The normalized spacial score (nSPS) is 21.7. The summed E-state index contributed by atoms with van der Waals surface area (Å²) in [5.41, 5.74) is 1.28. The molecule has 0 bridgehead atoms. The molecule has 1 saturated heterocycles. The SMILES string of the molecule is CCC(NC1CCCNCC1)c1ccccc1OC. The van der Waals surface area contributed by atoms with Gasteiger partial charge in [-0.25, -0.2) is 0 Å². The summed E-state index contributed by atoms with van der Waals surface area (Å²) in [5, 5.41) is 7.28. The maximum absolute atomic E-state index is 5.49. The Morgan fingerprint density at radius 1 is 1.32 bits per heavy atom. The number of benzene rings is 1. The molecule has 1 aromatic carbocycles. The lowest BCUT2D eigenvalue weighted by atomic mass is 10.00. The van der Waals surface area contributed by atoms with E-state index in [1.165, 1.54) is 24.8 Å². The van der Waals surface area contributed by atoms with E-state index in [9.17, 15) is 0 Å². The second-order valence-electron chi connectivity index (χ2n) is 5.25. The summed E-state index contributed by atoms with van der Waals surface area (Å²) in [4.78, 5) is 0. The minimum atomic E-state index is 0.388. The molecular weight excluding hydrogens is 236 g/mol. The molecule has 1 heterocycles. The molecule has 1 aliphatic heterocycles. The Kier molecular flexibility index (Phi) is 5.67. The number of para-hydroxylation sites is 1. The van der Waals surface area contributed by atoms with Crippen LogP contribution in [0.3, 0.4) is 0 Å². The minimum absolute atomic E-state index is 0.388. The van der Waals surface area contributed by atoms with E-state index in [0.29, 0.717) is 12.1 Å². The zero-order chi connectivity index (χ0) is 13.5. The van der Waals surface area contributed by atoms with Crippen LogP contribution >= 0.6 is 0 Å². The monoisotopic (exact) mass is 262 g/mol. The van der Waals surface area contributed by atoms with Crippen molar-refractivity contribution in [1.82, 2.24) is 10.6 Å². The first-order valence-electron chi connectivity index (χ1n) is 7.44. The number of hydrogen-bond donors (Lipinski definition) is 2. The number of nitrogens with one attached hydrogen (secondary N) is 2. The highest BCUT2D eigenvalue weighted by atomic mass is 16.5. The van der Waals surface area contributed by atoms with Crippen LogP contribution in [-0.2, 0) is 0 Å². The van der Waals surface area contributed by atoms with Crippen LogP contribution in [0.25, 0.3) is 0 Å². The molecule has 3 nitrogen and oxygen atoms in total. The fourth-order valence-electron chi connectivity index (χ4n) is 2.85. The van der Waals surface area contributed by atoms with Gasteiger partial charge in [-0.3, -0.25) is 0 Å². The van der Waals surface area contributed by atoms with Gasteiger partial charge in [0.05, 0.1) is 7.11 Å². The lowest BCUT2D eigenvalue weighted by Gasteiger charge is -2.25. The Hall–Kier alpha value is -1.06. The molecule has 2 unspecified atom stereocenters. The van der Waals surface area contributed by atoms with Gasteiger partial charge in [-0.05, 0) is 44.8 Å². The topological polar surface area (TPSA) is 33.3 Å². The highest BCUT2D eigenvalue weighted by molar-refractivity contribution is 5.35. The summed E-state index contributed by atoms with van der Waals surface area (Å²) in [6.45, 7) is 4.52. The summed E-state index contributed by atoms with van der Waals surface area (Å²) in [6, 6.07) is 9.36. The van der Waals surface area contributed by atoms with Gasteiger partial charge in [0, 0.05) is 17.6 Å². The molecule has 2 N–H and O–H groups in total. The van der Waals surface area contributed by atoms with Gasteiger partial charge in [-0.2, -0.15) is 0 Å². The summed E-state index contributed by atoms with van der Waals surface area (Å²) in [5.74, 6) is 0.994. The second-order valence-corrected chi connectivity index (χ2v) is 5.25. The van der Waals surface area contributed by atoms with Crippen LogP contribution in [0.15, 0.2) is 24.3 Å². The number of methoxy groups -OCH3 is 1. The van der Waals surface area contributed by atoms with E-state index in [4.69, 9.17) is 4.74 Å². The fraction of sp³-hybridized carbons (Fsp3) is 0.625. The smallest absolute Gasteiger partial charge is 0.123 e. The van der Waals surface area contributed by atoms with Crippen molar-refractivity contribution in [3.8, 4) is 5.75 Å². The highest BCUT2D eigenvalue weighted by Gasteiger charge is 2.19. The molecule has 1 fully saturated rings. The third kappa shape index (κ3) is 3.95. The zero-order valence-electron chi connectivity index (χ0n) is 12.1. The van der Waals surface area contributed by atoms with Crippen LogP contribution in [0.4, 0.5) is 0 Å². The lowest BCUT2D eigenvalue weighted by molar-refractivity contribution is 0.370. The Morgan fingerprint density at radius 3 is 2.95 bits per heavy atom. The molecule has 1 aromatic rings. The minimum Gasteiger partial charge on any atom is -0.496 e. The predicted octanol–water partition coefficient (Wildman–Crippen LogP) is 2.88. The van der Waals surface area contributed by atoms with Crippen molar-refractivity contribution in [2.45, 2.75) is 44.7 Å². The van der Waals surface area contributed by atoms with Crippen molar-refractivity contribution in [3.63, 3.8) is 0 Å². The average molecular weight is 262 g/mol. The van der Waals surface area contributed by atoms with Gasteiger partial charge in [0.15, 0.2) is 0 Å². The van der Waals surface area contributed by atoms with Gasteiger partial charge < -0.3 is 15.4 Å². The maximum Gasteiger partial charge on any atom is 0.123 e. The van der Waals surface area contributed by atoms with E-state index in [1.807, 2.05) is 12.1 Å². The highest BCUT2D eigenvalue weighted by Crippen LogP contribution is 2.27. The molecular formula is C16H26N2O. The summed E-state index contributed by atoms with van der Waals surface area (Å²) < 4.78 is 5.49. The molecule has 2 rings (SSSR count). The van der Waals surface area contributed by atoms with Crippen molar-refractivity contribution in [1.29, 1.82) is 0 Å². The van der Waals surface area contributed by atoms with E-state index in [1.54, 1.807) is 7.11 Å². The number of ether oxygens (including phenoxy) is 1. The first-order chi connectivity index (χ1) is 9.35. The van der Waals surface area contributed by atoms with Crippen molar-refractivity contribution in [3.05, 3.63) is 29.8 Å². The van der Waals surface area contributed by atoms with E-state index in [-0.39, 0.29) is 0 Å². The molecule has 19 heavy (non-hydrogen) atoms. The number of rotatable bonds is 5. The summed E-state index contributed by atoms with van der Waals surface area (Å²) in [7, 11) is 1.75. The largest absolute Gasteiger partial charge is 0.496 e. The van der Waals surface area contributed by atoms with E-state index >= 15 is 0 Å². The van der Waals surface area contributed by atoms with Gasteiger partial charge in [-0.1, -0.05) is 25.1 Å². The zero-order valence-corrected chi connectivity index (χ0v) is 12.1. The van der Waals surface area contributed by atoms with Crippen LogP contribution in [0.2, 0.25) is 0 Å². The van der Waals surface area contributed by atoms with Crippen molar-refractivity contribution >= 4 is 0 Å². The van der Waals surface area contributed by atoms with E-state index in [2.05, 4.69) is 29.7 Å². The molecule has 0 saturated carbocycles. The number of hydrogen-bond acceptors (Lipinski definition) is 3. The lowest BCUT2D eigenvalue weighted by Crippen LogP contribution is -2.33. The van der Waals surface area contributed by atoms with Crippen LogP contribution in [-0.4, -0.2) is 26.2 Å². The van der Waals surface area contributed by atoms with Crippen LogP contribution in [0.1, 0.15) is 44.2 Å². The van der Waals surface area contributed by atoms with Gasteiger partial charge in [0.25, 0.3) is 0 Å². The fourth-order valence-corrected chi connectivity index (χ4v) is 2.85. The molecule has 0 aliphatic carbocycles. The Morgan fingerprint density at radius 2 is 2.16 bits per heavy atom. The first kappa shape index (κ1) is 14.4. The van der Waals surface area contributed by atoms with Crippen molar-refractivity contribution in [2.24, 2.45) is 0 Å². The summed E-state index contributed by atoms with van der Waals surface area (Å²) >= 11 is 0. The molecule has 106 valence electrons. The third-order valence-electron chi connectivity index (χ3n) is 3.94. The quantitative estimate of drug-likeness (QED) is 0.856. The van der Waals surface area contributed by atoms with E-state index in [0.717, 1.165) is 25.3 Å². The molecule has 1 aliphatic rings. The third-order valence-corrected chi connectivity index (χ3v) is 3.94. The first-order valence-corrected chi connectivity index (χ1v) is 7.44. The van der Waals surface area contributed by atoms with Crippen LogP contribution in [0, 0.1) is 0 Å². The molecule has 0 radical (unpaired) electrons. The Bertz CT molecular complexity index is 373. The molecule has 0 aromatic heterocycles. The standard InChI is InChI=1S/C16H26N2O/c1-3-15(14-8-4-5-9-16(14)19-2)18-13-7-6-11-17-12-10-13/h4-5,8-9,13,15,17-18H,3,6-7,10-12H2,1-2H3. The van der Waals surface area contributed by atoms with E-state index < -0.39 is 0 Å². The Labute approximate surface area is 116 Å². The van der Waals surface area contributed by atoms with Crippen LogP contribution in [0.5, 0.6) is 5.75 Å². The van der Waals surface area contributed by atoms with Gasteiger partial charge in [0.1, 0.15) is 5.75 Å². The maximum atomic E-state index is 5.49. The van der Waals surface area contributed by atoms with Crippen molar-refractivity contribution in [2.75, 3.05) is 20.2 Å². The second kappa shape index (κ2) is 7.51. The average Bonchev–Trinajstić information content (AvgIpc) is 2.73. The Balaban J connectivity index is 2.06. The molecule has 2 atom stereocenters. The predicted molar refractivity (Wildman–Crippen MR) is 79.7 cm³/mol. The van der Waals surface area contributed by atoms with Gasteiger partial charge in [0.2, 0.25) is 0 Å². The molecule has 0 spiro atoms. The molecule has 0 amide bonds. The van der Waals surface area contributed by atoms with Gasteiger partial charge in [-0.15, -0.1) is 0 Å². The van der Waals surface area contributed by atoms with Crippen LogP contribution < -0.4 is 15.4 Å². The molecule has 3 heteroatoms. The van der Waals surface area contributed by atoms with Crippen molar-refractivity contribution < 1.29 is 4.74 Å². The summed E-state index contributed by atoms with van der Waals surface area (Å²) in [6.07, 6.45) is 4.83.